The van der Waals surface area contributed by atoms with Gasteiger partial charge < -0.3 is 5.32 Å². The lowest BCUT2D eigenvalue weighted by molar-refractivity contribution is 0.0943. The number of nitrogens with one attached hydrogen (secondary N) is 3. The third-order valence-corrected chi connectivity index (χ3v) is 5.50. The molecule has 0 atom stereocenters. The highest BCUT2D eigenvalue weighted by Crippen LogP contribution is 2.21. The number of thiazole rings is 1. The number of hydrogen-bond acceptors (Lipinski definition) is 6. The highest BCUT2D eigenvalue weighted by atomic mass is 32.1. The van der Waals surface area contributed by atoms with Crippen LogP contribution in [0.15, 0.2) is 17.5 Å². The van der Waals surface area contributed by atoms with Crippen LogP contribution < -0.4 is 10.2 Å². The minimum absolute atomic E-state index is 0.231. The highest BCUT2D eigenvalue weighted by molar-refractivity contribution is 7.14. The lowest BCUT2D eigenvalue weighted by Gasteiger charge is -2.11. The van der Waals surface area contributed by atoms with Crippen molar-refractivity contribution in [2.45, 2.75) is 47.1 Å². The molecule has 0 aliphatic heterocycles. The molecular formula is C21H29N7O2S. The Balaban J connectivity index is 1.56. The van der Waals surface area contributed by atoms with Crippen molar-refractivity contribution in [2.24, 2.45) is 11.8 Å². The number of anilines is 1. The number of hydrogen-bond donors (Lipinski definition) is 3. The maximum Gasteiger partial charge on any atom is 0.280 e. The molecule has 0 radical (unpaired) electrons. The lowest BCUT2D eigenvalue weighted by Crippen LogP contribution is -2.27. The molecule has 0 aromatic carbocycles. The van der Waals surface area contributed by atoms with Gasteiger partial charge in [-0.05, 0) is 36.8 Å². The van der Waals surface area contributed by atoms with E-state index in [1.165, 1.54) is 16.2 Å². The Morgan fingerprint density at radius 2 is 1.61 bits per heavy atom. The van der Waals surface area contributed by atoms with Gasteiger partial charge >= 0.3 is 0 Å². The van der Waals surface area contributed by atoms with Crippen LogP contribution in [0.1, 0.15) is 65.8 Å². The van der Waals surface area contributed by atoms with Crippen LogP contribution in [0.4, 0.5) is 5.13 Å². The number of H-pyrrole nitrogens is 2. The van der Waals surface area contributed by atoms with Gasteiger partial charge in [0.1, 0.15) is 5.69 Å². The largest absolute Gasteiger partial charge is 0.345 e. The van der Waals surface area contributed by atoms with Crippen LogP contribution >= 0.6 is 11.3 Å². The van der Waals surface area contributed by atoms with E-state index in [0.29, 0.717) is 34.0 Å². The Morgan fingerprint density at radius 1 is 1.03 bits per heavy atom. The van der Waals surface area contributed by atoms with E-state index in [4.69, 9.17) is 0 Å². The fourth-order valence-corrected chi connectivity index (χ4v) is 3.88. The molecule has 0 saturated carbocycles. The van der Waals surface area contributed by atoms with Crippen LogP contribution in [0.2, 0.25) is 0 Å². The normalized spacial score (nSPS) is 11.3. The van der Waals surface area contributed by atoms with Gasteiger partial charge in [0.05, 0.1) is 12.2 Å². The predicted molar refractivity (Wildman–Crippen MR) is 120 cm³/mol. The fourth-order valence-electron chi connectivity index (χ4n) is 3.09. The molecule has 0 saturated heterocycles. The molecule has 2 amide bonds. The second-order valence-electron chi connectivity index (χ2n) is 8.42. The molecule has 3 heterocycles. The molecule has 0 spiro atoms. The third kappa shape index (κ3) is 6.00. The van der Waals surface area contributed by atoms with Crippen molar-refractivity contribution < 1.29 is 9.59 Å². The lowest BCUT2D eigenvalue weighted by atomic mass is 10.1. The third-order valence-electron chi connectivity index (χ3n) is 4.53. The molecule has 3 aromatic rings. The van der Waals surface area contributed by atoms with E-state index < -0.39 is 0 Å². The smallest absolute Gasteiger partial charge is 0.280 e. The van der Waals surface area contributed by atoms with Crippen LogP contribution in [0.25, 0.3) is 0 Å². The number of carbonyl (C=O) groups excluding carboxylic acids is 2. The van der Waals surface area contributed by atoms with Gasteiger partial charge in [-0.2, -0.15) is 10.2 Å². The first-order valence-electron chi connectivity index (χ1n) is 10.3. The second-order valence-corrected chi connectivity index (χ2v) is 9.26. The molecule has 9 nitrogen and oxygen atoms in total. The summed E-state index contributed by atoms with van der Waals surface area (Å²) in [6, 6.07) is 3.55. The molecule has 3 rings (SSSR count). The molecule has 166 valence electrons. The van der Waals surface area contributed by atoms with Crippen molar-refractivity contribution in [2.75, 3.05) is 11.9 Å². The Morgan fingerprint density at radius 3 is 2.23 bits per heavy atom. The molecule has 0 bridgehead atoms. The standard InChI is InChI=1S/C21H29N7O2S/c1-12(2)6-14-8-17(26-24-14)19(29)22-10-16-11-31-21(23-16)28(5)20(30)18-9-15(25-27-18)7-13(3)4/h8-9,11-13H,6-7,10H2,1-5H3,(H,22,29)(H,24,26)(H,25,27). The van der Waals surface area contributed by atoms with Crippen molar-refractivity contribution in [1.29, 1.82) is 0 Å². The summed E-state index contributed by atoms with van der Waals surface area (Å²) in [6.45, 7) is 8.70. The van der Waals surface area contributed by atoms with Gasteiger partial charge in [0.2, 0.25) is 0 Å². The molecular weight excluding hydrogens is 414 g/mol. The number of aromatic nitrogens is 5. The first-order valence-corrected chi connectivity index (χ1v) is 11.2. The van der Waals surface area contributed by atoms with Gasteiger partial charge in [-0.1, -0.05) is 27.7 Å². The second kappa shape index (κ2) is 9.86. The first-order chi connectivity index (χ1) is 14.7. The van der Waals surface area contributed by atoms with Crippen LogP contribution in [0, 0.1) is 11.8 Å². The summed E-state index contributed by atoms with van der Waals surface area (Å²) in [4.78, 5) is 31.0. The summed E-state index contributed by atoms with van der Waals surface area (Å²) in [5, 5.41) is 19.2. The zero-order valence-corrected chi connectivity index (χ0v) is 19.3. The van der Waals surface area contributed by atoms with Crippen molar-refractivity contribution >= 4 is 28.3 Å². The maximum absolute atomic E-state index is 12.7. The van der Waals surface area contributed by atoms with Crippen molar-refractivity contribution in [3.63, 3.8) is 0 Å². The number of aromatic amines is 2. The van der Waals surface area contributed by atoms with E-state index in [9.17, 15) is 9.59 Å². The van der Waals surface area contributed by atoms with Gasteiger partial charge in [-0.3, -0.25) is 24.7 Å². The zero-order valence-electron chi connectivity index (χ0n) is 18.5. The first kappa shape index (κ1) is 22.7. The Bertz CT molecular complexity index is 1030. The molecule has 0 fully saturated rings. The van der Waals surface area contributed by atoms with E-state index in [2.05, 4.69) is 58.4 Å². The summed E-state index contributed by atoms with van der Waals surface area (Å²) in [7, 11) is 1.67. The van der Waals surface area contributed by atoms with Crippen LogP contribution in [-0.2, 0) is 19.4 Å². The SMILES string of the molecule is CC(C)Cc1cc(C(=O)NCc2csc(N(C)C(=O)c3cc(CC(C)C)[nH]n3)n2)n[nH]1. The minimum atomic E-state index is -0.264. The Hall–Kier alpha value is -3.01. The molecule has 0 aliphatic rings. The van der Waals surface area contributed by atoms with Gasteiger partial charge in [-0.25, -0.2) is 4.98 Å². The minimum Gasteiger partial charge on any atom is -0.345 e. The van der Waals surface area contributed by atoms with E-state index in [-0.39, 0.29) is 18.4 Å². The van der Waals surface area contributed by atoms with Crippen molar-refractivity contribution in [3.8, 4) is 0 Å². The van der Waals surface area contributed by atoms with Gasteiger partial charge in [0.25, 0.3) is 11.8 Å². The van der Waals surface area contributed by atoms with Gasteiger partial charge in [0, 0.05) is 23.8 Å². The van der Waals surface area contributed by atoms with Crippen LogP contribution in [0.5, 0.6) is 0 Å². The number of rotatable bonds is 9. The van der Waals surface area contributed by atoms with E-state index in [1.54, 1.807) is 19.2 Å². The highest BCUT2D eigenvalue weighted by Gasteiger charge is 2.20. The molecule has 3 N–H and O–H groups in total. The molecule has 0 aliphatic carbocycles. The Labute approximate surface area is 185 Å². The molecule has 3 aromatic heterocycles. The molecule has 0 unspecified atom stereocenters. The summed E-state index contributed by atoms with van der Waals surface area (Å²) in [5.41, 5.74) is 3.26. The quantitative estimate of drug-likeness (QED) is 0.469. The van der Waals surface area contributed by atoms with Crippen LogP contribution in [-0.4, -0.2) is 44.2 Å². The molecule has 10 heteroatoms. The molecule has 31 heavy (non-hydrogen) atoms. The van der Waals surface area contributed by atoms with E-state index in [0.717, 1.165) is 24.2 Å². The van der Waals surface area contributed by atoms with E-state index >= 15 is 0 Å². The summed E-state index contributed by atoms with van der Waals surface area (Å²) >= 11 is 1.34. The van der Waals surface area contributed by atoms with Crippen LogP contribution in [0.3, 0.4) is 0 Å². The Kier molecular flexibility index (Phi) is 7.21. The van der Waals surface area contributed by atoms with E-state index in [1.807, 2.05) is 5.38 Å². The average molecular weight is 444 g/mol. The number of nitrogens with zero attached hydrogens (tertiary/aromatic N) is 4. The fraction of sp³-hybridized carbons (Fsp3) is 0.476. The average Bonchev–Trinajstić information content (AvgIpc) is 3.45. The van der Waals surface area contributed by atoms with Crippen molar-refractivity contribution in [3.05, 3.63) is 46.0 Å². The van der Waals surface area contributed by atoms with Gasteiger partial charge in [-0.15, -0.1) is 11.3 Å². The summed E-state index contributed by atoms with van der Waals surface area (Å²) in [5.74, 6) is 0.457. The number of carbonyl (C=O) groups is 2. The summed E-state index contributed by atoms with van der Waals surface area (Å²) < 4.78 is 0. The number of amides is 2. The zero-order chi connectivity index (χ0) is 22.5. The maximum atomic E-state index is 12.7. The predicted octanol–water partition coefficient (Wildman–Crippen LogP) is 3.19. The summed E-state index contributed by atoms with van der Waals surface area (Å²) in [6.07, 6.45) is 1.67. The van der Waals surface area contributed by atoms with Crippen molar-refractivity contribution in [1.82, 2.24) is 30.7 Å². The topological polar surface area (TPSA) is 120 Å². The van der Waals surface area contributed by atoms with Gasteiger partial charge in [0.15, 0.2) is 10.8 Å². The monoisotopic (exact) mass is 443 g/mol.